The summed E-state index contributed by atoms with van der Waals surface area (Å²) in [5, 5.41) is 0. The molecule has 1 aromatic rings. The number of carbonyl (C=O) groups excluding carboxylic acids is 1. The Kier molecular flexibility index (Phi) is 5.92. The average molecular weight is 388 g/mol. The second kappa shape index (κ2) is 7.88. The highest BCUT2D eigenvalue weighted by Gasteiger charge is 2.63. The molecule has 0 unspecified atom stereocenters. The van der Waals surface area contributed by atoms with E-state index in [2.05, 4.69) is 0 Å². The van der Waals surface area contributed by atoms with Gasteiger partial charge in [-0.15, -0.1) is 0 Å². The van der Waals surface area contributed by atoms with Crippen LogP contribution in [-0.4, -0.2) is 17.9 Å². The summed E-state index contributed by atoms with van der Waals surface area (Å²) in [6, 6.07) is 4.52. The van der Waals surface area contributed by atoms with Gasteiger partial charge in [0.1, 0.15) is 0 Å². The molecule has 2 aliphatic rings. The van der Waals surface area contributed by atoms with Crippen molar-refractivity contribution in [1.82, 2.24) is 0 Å². The lowest BCUT2D eigenvalue weighted by Crippen LogP contribution is -2.44. The molecule has 0 saturated heterocycles. The van der Waals surface area contributed by atoms with Crippen molar-refractivity contribution in [2.45, 2.75) is 88.1 Å². The molecule has 0 atom stereocenters. The maximum absolute atomic E-state index is 13.7. The summed E-state index contributed by atoms with van der Waals surface area (Å²) in [7, 11) is 0. The summed E-state index contributed by atoms with van der Waals surface area (Å²) in [6.45, 7) is 0. The van der Waals surface area contributed by atoms with Gasteiger partial charge in [0.2, 0.25) is 5.78 Å². The van der Waals surface area contributed by atoms with Gasteiger partial charge in [0.15, 0.2) is 0 Å². The third-order valence-electron chi connectivity index (χ3n) is 6.03. The molecule has 2 fully saturated rings. The number of halogens is 5. The van der Waals surface area contributed by atoms with Crippen molar-refractivity contribution in [3.63, 3.8) is 0 Å². The molecule has 0 heterocycles. The number of alkyl halides is 5. The zero-order valence-electron chi connectivity index (χ0n) is 15.3. The molecule has 1 nitrogen and oxygen atoms in total. The van der Waals surface area contributed by atoms with Crippen molar-refractivity contribution in [3.8, 4) is 0 Å². The highest BCUT2D eigenvalue weighted by atomic mass is 19.4. The predicted octanol–water partition coefficient (Wildman–Crippen LogP) is 7.16. The van der Waals surface area contributed by atoms with Gasteiger partial charge in [-0.3, -0.25) is 4.79 Å². The number of carbonyl (C=O) groups is 1. The maximum Gasteiger partial charge on any atom is 0.461 e. The van der Waals surface area contributed by atoms with Crippen molar-refractivity contribution in [2.75, 3.05) is 0 Å². The van der Waals surface area contributed by atoms with Crippen LogP contribution in [0.2, 0.25) is 0 Å². The van der Waals surface area contributed by atoms with Crippen molar-refractivity contribution >= 4 is 5.78 Å². The Morgan fingerprint density at radius 3 is 1.48 bits per heavy atom. The molecule has 0 aromatic heterocycles. The van der Waals surface area contributed by atoms with Crippen LogP contribution in [0.4, 0.5) is 22.0 Å². The molecule has 2 aliphatic carbocycles. The molecule has 0 amide bonds. The molecule has 150 valence electrons. The van der Waals surface area contributed by atoms with E-state index in [1.54, 1.807) is 0 Å². The topological polar surface area (TPSA) is 17.1 Å². The SMILES string of the molecule is O=C(c1cc(C2CCCCC2)cc(C2CCCCC2)c1)C(F)(F)C(F)(F)F. The van der Waals surface area contributed by atoms with Crippen LogP contribution in [-0.2, 0) is 0 Å². The first-order valence-corrected chi connectivity index (χ1v) is 9.84. The first-order valence-electron chi connectivity index (χ1n) is 9.84. The van der Waals surface area contributed by atoms with Gasteiger partial charge in [0.05, 0.1) is 0 Å². The van der Waals surface area contributed by atoms with Crippen LogP contribution in [0.3, 0.4) is 0 Å². The molecular weight excluding hydrogens is 363 g/mol. The van der Waals surface area contributed by atoms with Crippen molar-refractivity contribution in [3.05, 3.63) is 34.9 Å². The molecule has 3 rings (SSSR count). The number of Topliss-reactive ketones (excluding diaryl/α,β-unsaturated/α-hetero) is 1. The number of hydrogen-bond donors (Lipinski definition) is 0. The Bertz CT molecular complexity index is 631. The molecule has 0 N–H and O–H groups in total. The molecule has 27 heavy (non-hydrogen) atoms. The molecular formula is C21H25F5O. The van der Waals surface area contributed by atoms with E-state index in [0.29, 0.717) is 0 Å². The maximum atomic E-state index is 13.7. The van der Waals surface area contributed by atoms with E-state index in [4.69, 9.17) is 0 Å². The van der Waals surface area contributed by atoms with Crippen LogP contribution in [0.15, 0.2) is 18.2 Å². The first-order chi connectivity index (χ1) is 12.7. The highest BCUT2D eigenvalue weighted by molar-refractivity contribution is 6.02. The standard InChI is InChI=1S/C21H25F5O/c22-20(23,21(24,25)26)19(27)18-12-16(14-7-3-1-4-8-14)11-17(13-18)15-9-5-2-6-10-15/h11-15H,1-10H2. The van der Waals surface area contributed by atoms with E-state index >= 15 is 0 Å². The van der Waals surface area contributed by atoms with Crippen LogP contribution in [0.5, 0.6) is 0 Å². The predicted molar refractivity (Wildman–Crippen MR) is 93.4 cm³/mol. The van der Waals surface area contributed by atoms with Crippen LogP contribution < -0.4 is 0 Å². The lowest BCUT2D eigenvalue weighted by atomic mass is 9.78. The molecule has 0 spiro atoms. The van der Waals surface area contributed by atoms with Crippen LogP contribution >= 0.6 is 0 Å². The zero-order valence-corrected chi connectivity index (χ0v) is 15.3. The minimum atomic E-state index is -5.88. The van der Waals surface area contributed by atoms with Crippen molar-refractivity contribution in [2.24, 2.45) is 0 Å². The number of rotatable bonds is 4. The number of benzene rings is 1. The van der Waals surface area contributed by atoms with E-state index < -0.39 is 23.4 Å². The summed E-state index contributed by atoms with van der Waals surface area (Å²) >= 11 is 0. The van der Waals surface area contributed by atoms with Gasteiger partial charge >= 0.3 is 12.1 Å². The van der Waals surface area contributed by atoms with E-state index in [1.807, 2.05) is 6.07 Å². The van der Waals surface area contributed by atoms with E-state index in [-0.39, 0.29) is 11.8 Å². The lowest BCUT2D eigenvalue weighted by molar-refractivity contribution is -0.255. The van der Waals surface area contributed by atoms with Crippen molar-refractivity contribution < 1.29 is 26.7 Å². The molecule has 0 aliphatic heterocycles. The number of hydrogen-bond acceptors (Lipinski definition) is 1. The fourth-order valence-corrected chi connectivity index (χ4v) is 4.46. The summed E-state index contributed by atoms with van der Waals surface area (Å²) in [5.41, 5.74) is 0.999. The Hall–Kier alpha value is -1.46. The third-order valence-corrected chi connectivity index (χ3v) is 6.03. The molecule has 1 aromatic carbocycles. The van der Waals surface area contributed by atoms with E-state index in [0.717, 1.165) is 75.3 Å². The molecule has 6 heteroatoms. The Morgan fingerprint density at radius 2 is 1.11 bits per heavy atom. The van der Waals surface area contributed by atoms with Gasteiger partial charge in [0.25, 0.3) is 0 Å². The average Bonchev–Trinajstić information content (AvgIpc) is 2.67. The molecule has 2 saturated carbocycles. The zero-order chi connectivity index (χ0) is 19.7. The second-order valence-corrected chi connectivity index (χ2v) is 7.96. The summed E-state index contributed by atoms with van der Waals surface area (Å²) in [4.78, 5) is 12.1. The fourth-order valence-electron chi connectivity index (χ4n) is 4.46. The summed E-state index contributed by atoms with van der Waals surface area (Å²) < 4.78 is 65.5. The van der Waals surface area contributed by atoms with Gasteiger partial charge in [-0.25, -0.2) is 0 Å². The van der Waals surface area contributed by atoms with Gasteiger partial charge < -0.3 is 0 Å². The van der Waals surface area contributed by atoms with Crippen LogP contribution in [0.1, 0.15) is 97.5 Å². The quantitative estimate of drug-likeness (QED) is 0.395. The normalized spacial score (nSPS) is 20.6. The fraction of sp³-hybridized carbons (Fsp3) is 0.667. The molecule has 0 radical (unpaired) electrons. The molecule has 0 bridgehead atoms. The summed E-state index contributed by atoms with van der Waals surface area (Å²) in [5.74, 6) is -7.23. The van der Waals surface area contributed by atoms with Crippen LogP contribution in [0, 0.1) is 0 Å². The van der Waals surface area contributed by atoms with E-state index in [9.17, 15) is 26.7 Å². The lowest BCUT2D eigenvalue weighted by Gasteiger charge is -2.27. The third kappa shape index (κ3) is 4.35. The van der Waals surface area contributed by atoms with E-state index in [1.165, 1.54) is 12.1 Å². The largest absolute Gasteiger partial charge is 0.461 e. The summed E-state index contributed by atoms with van der Waals surface area (Å²) in [6.07, 6.45) is 3.94. The van der Waals surface area contributed by atoms with Crippen LogP contribution in [0.25, 0.3) is 0 Å². The minimum absolute atomic E-state index is 0.133. The van der Waals surface area contributed by atoms with Crippen molar-refractivity contribution in [1.29, 1.82) is 0 Å². The van der Waals surface area contributed by atoms with Gasteiger partial charge in [-0.1, -0.05) is 44.6 Å². The van der Waals surface area contributed by atoms with Gasteiger partial charge in [-0.05, 0) is 60.8 Å². The first kappa shape index (κ1) is 20.3. The van der Waals surface area contributed by atoms with Gasteiger partial charge in [0, 0.05) is 5.56 Å². The minimum Gasteiger partial charge on any atom is -0.287 e. The highest BCUT2D eigenvalue weighted by Crippen LogP contribution is 2.41. The monoisotopic (exact) mass is 388 g/mol. The van der Waals surface area contributed by atoms with Gasteiger partial charge in [-0.2, -0.15) is 22.0 Å². The Morgan fingerprint density at radius 1 is 0.704 bits per heavy atom. The second-order valence-electron chi connectivity index (χ2n) is 7.96. The Balaban J connectivity index is 1.99. The smallest absolute Gasteiger partial charge is 0.287 e. The number of ketones is 1. The Labute approximate surface area is 156 Å².